The number of carbonyl (C=O) groups is 1. The van der Waals surface area contributed by atoms with Gasteiger partial charge in [-0.2, -0.15) is 0 Å². The van der Waals surface area contributed by atoms with Gasteiger partial charge in [-0.1, -0.05) is 17.7 Å². The topological polar surface area (TPSA) is 58.1 Å². The van der Waals surface area contributed by atoms with Crippen LogP contribution >= 0.6 is 11.6 Å². The molecule has 0 spiro atoms. The molecule has 0 aliphatic rings. The summed E-state index contributed by atoms with van der Waals surface area (Å²) in [6.07, 6.45) is 6.13. The molecule has 0 aliphatic heterocycles. The van der Waals surface area contributed by atoms with Gasteiger partial charge in [0, 0.05) is 48.6 Å². The molecule has 0 fully saturated rings. The lowest BCUT2D eigenvalue weighted by Crippen LogP contribution is -2.21. The summed E-state index contributed by atoms with van der Waals surface area (Å²) in [6.45, 7) is 2.69. The number of nitrogens with one attached hydrogen (secondary N) is 1. The standard InChI is InChI=1S/C21H21ClN4O/c1-15-18(22)4-3-5-19(15)25-21(27)20-14-17(8-12-24-20)26(2)13-9-16-6-10-23-11-7-16/h3-8,10-12,14H,9,13H2,1-2H3,(H,25,27). The molecular formula is C21H21ClN4O. The van der Waals surface area contributed by atoms with Crippen LogP contribution in [0.5, 0.6) is 0 Å². The van der Waals surface area contributed by atoms with E-state index >= 15 is 0 Å². The van der Waals surface area contributed by atoms with Gasteiger partial charge < -0.3 is 10.2 Å². The lowest BCUT2D eigenvalue weighted by Gasteiger charge is -2.19. The van der Waals surface area contributed by atoms with Crippen molar-refractivity contribution >= 4 is 28.9 Å². The van der Waals surface area contributed by atoms with Crippen LogP contribution in [0.25, 0.3) is 0 Å². The maximum absolute atomic E-state index is 12.6. The van der Waals surface area contributed by atoms with Gasteiger partial charge in [0.1, 0.15) is 5.69 Å². The fraction of sp³-hybridized carbons (Fsp3) is 0.190. The lowest BCUT2D eigenvalue weighted by atomic mass is 10.2. The van der Waals surface area contributed by atoms with Gasteiger partial charge in [-0.3, -0.25) is 14.8 Å². The minimum Gasteiger partial charge on any atom is -0.374 e. The van der Waals surface area contributed by atoms with Gasteiger partial charge in [-0.15, -0.1) is 0 Å². The Morgan fingerprint density at radius 2 is 1.93 bits per heavy atom. The van der Waals surface area contributed by atoms with E-state index in [0.717, 1.165) is 24.2 Å². The number of hydrogen-bond donors (Lipinski definition) is 1. The first-order valence-corrected chi connectivity index (χ1v) is 9.05. The van der Waals surface area contributed by atoms with Crippen LogP contribution in [0.1, 0.15) is 21.6 Å². The van der Waals surface area contributed by atoms with Crippen LogP contribution in [0.15, 0.2) is 61.1 Å². The minimum atomic E-state index is -0.259. The van der Waals surface area contributed by atoms with Gasteiger partial charge >= 0.3 is 0 Å². The first-order chi connectivity index (χ1) is 13.0. The third kappa shape index (κ3) is 4.83. The number of pyridine rings is 2. The average molecular weight is 381 g/mol. The molecule has 0 aliphatic carbocycles. The maximum atomic E-state index is 12.6. The van der Waals surface area contributed by atoms with Crippen molar-refractivity contribution in [3.8, 4) is 0 Å². The second kappa shape index (κ2) is 8.64. The van der Waals surface area contributed by atoms with Crippen molar-refractivity contribution in [2.75, 3.05) is 23.8 Å². The maximum Gasteiger partial charge on any atom is 0.274 e. The molecule has 3 rings (SSSR count). The fourth-order valence-electron chi connectivity index (χ4n) is 2.69. The van der Waals surface area contributed by atoms with E-state index in [4.69, 9.17) is 11.6 Å². The van der Waals surface area contributed by atoms with Crippen LogP contribution in [-0.4, -0.2) is 29.5 Å². The van der Waals surface area contributed by atoms with Crippen molar-refractivity contribution in [3.63, 3.8) is 0 Å². The molecule has 1 amide bonds. The number of amides is 1. The number of benzene rings is 1. The van der Waals surface area contributed by atoms with Crippen LogP contribution in [-0.2, 0) is 6.42 Å². The lowest BCUT2D eigenvalue weighted by molar-refractivity contribution is 0.102. The fourth-order valence-corrected chi connectivity index (χ4v) is 2.86. The van der Waals surface area contributed by atoms with Crippen molar-refractivity contribution in [1.82, 2.24) is 9.97 Å². The monoisotopic (exact) mass is 380 g/mol. The third-order valence-corrected chi connectivity index (χ3v) is 4.83. The molecule has 0 unspecified atom stereocenters. The van der Waals surface area contributed by atoms with Crippen molar-refractivity contribution < 1.29 is 4.79 Å². The Kier molecular flexibility index (Phi) is 6.04. The van der Waals surface area contributed by atoms with Crippen LogP contribution in [0.4, 0.5) is 11.4 Å². The molecule has 6 heteroatoms. The molecular weight excluding hydrogens is 360 g/mol. The van der Waals surface area contributed by atoms with Gasteiger partial charge in [0.15, 0.2) is 0 Å². The van der Waals surface area contributed by atoms with Crippen LogP contribution in [0.2, 0.25) is 5.02 Å². The molecule has 3 aromatic rings. The molecule has 0 saturated carbocycles. The van der Waals surface area contributed by atoms with Gasteiger partial charge in [0.2, 0.25) is 0 Å². The molecule has 5 nitrogen and oxygen atoms in total. The highest BCUT2D eigenvalue weighted by atomic mass is 35.5. The summed E-state index contributed by atoms with van der Waals surface area (Å²) < 4.78 is 0. The summed E-state index contributed by atoms with van der Waals surface area (Å²) in [5.41, 5.74) is 4.04. The number of likely N-dealkylation sites (N-methyl/N-ethyl adjacent to an activating group) is 1. The van der Waals surface area contributed by atoms with Gasteiger partial charge in [0.05, 0.1) is 0 Å². The quantitative estimate of drug-likeness (QED) is 0.689. The Bertz CT molecular complexity index is 930. The van der Waals surface area contributed by atoms with E-state index in [9.17, 15) is 4.79 Å². The normalized spacial score (nSPS) is 10.5. The number of halogens is 1. The largest absolute Gasteiger partial charge is 0.374 e. The average Bonchev–Trinajstić information content (AvgIpc) is 2.70. The molecule has 0 radical (unpaired) electrons. The molecule has 1 aromatic carbocycles. The molecule has 2 heterocycles. The summed E-state index contributed by atoms with van der Waals surface area (Å²) in [4.78, 5) is 22.9. The van der Waals surface area contributed by atoms with E-state index in [-0.39, 0.29) is 5.91 Å². The molecule has 27 heavy (non-hydrogen) atoms. The summed E-state index contributed by atoms with van der Waals surface area (Å²) in [6, 6.07) is 13.1. The van der Waals surface area contributed by atoms with E-state index < -0.39 is 0 Å². The number of hydrogen-bond acceptors (Lipinski definition) is 4. The van der Waals surface area contributed by atoms with E-state index in [2.05, 4.69) is 20.2 Å². The number of nitrogens with zero attached hydrogens (tertiary/aromatic N) is 3. The van der Waals surface area contributed by atoms with E-state index in [0.29, 0.717) is 16.4 Å². The first-order valence-electron chi connectivity index (χ1n) is 8.67. The predicted octanol–water partition coefficient (Wildman–Crippen LogP) is 4.37. The Labute approximate surface area is 164 Å². The second-order valence-corrected chi connectivity index (χ2v) is 6.70. The van der Waals surface area contributed by atoms with Gasteiger partial charge in [-0.25, -0.2) is 0 Å². The zero-order valence-electron chi connectivity index (χ0n) is 15.3. The van der Waals surface area contributed by atoms with Crippen molar-refractivity contribution in [3.05, 3.63) is 82.9 Å². The summed E-state index contributed by atoms with van der Waals surface area (Å²) in [5.74, 6) is -0.259. The SMILES string of the molecule is Cc1c(Cl)cccc1NC(=O)c1cc(N(C)CCc2ccncc2)ccn1. The Balaban J connectivity index is 1.69. The zero-order chi connectivity index (χ0) is 19.2. The van der Waals surface area contributed by atoms with Crippen molar-refractivity contribution in [2.45, 2.75) is 13.3 Å². The van der Waals surface area contributed by atoms with Crippen molar-refractivity contribution in [1.29, 1.82) is 0 Å². The second-order valence-electron chi connectivity index (χ2n) is 6.29. The minimum absolute atomic E-state index is 0.259. The summed E-state index contributed by atoms with van der Waals surface area (Å²) >= 11 is 6.12. The number of carbonyl (C=O) groups excluding carboxylic acids is 1. The van der Waals surface area contributed by atoms with Crippen LogP contribution < -0.4 is 10.2 Å². The molecule has 1 N–H and O–H groups in total. The smallest absolute Gasteiger partial charge is 0.274 e. The third-order valence-electron chi connectivity index (χ3n) is 4.42. The molecule has 0 atom stereocenters. The highest BCUT2D eigenvalue weighted by Crippen LogP contribution is 2.23. The number of anilines is 2. The Hall–Kier alpha value is -2.92. The summed E-state index contributed by atoms with van der Waals surface area (Å²) in [5, 5.41) is 3.50. The van der Waals surface area contributed by atoms with E-state index in [1.54, 1.807) is 30.7 Å². The molecule has 138 valence electrons. The first kappa shape index (κ1) is 18.9. The Morgan fingerprint density at radius 1 is 1.15 bits per heavy atom. The van der Waals surface area contributed by atoms with Crippen LogP contribution in [0, 0.1) is 6.92 Å². The number of rotatable bonds is 6. The predicted molar refractivity (Wildman–Crippen MR) is 110 cm³/mol. The van der Waals surface area contributed by atoms with Gasteiger partial charge in [0.25, 0.3) is 5.91 Å². The summed E-state index contributed by atoms with van der Waals surface area (Å²) in [7, 11) is 2.00. The molecule has 0 saturated heterocycles. The zero-order valence-corrected chi connectivity index (χ0v) is 16.1. The highest BCUT2D eigenvalue weighted by Gasteiger charge is 2.12. The molecule has 0 bridgehead atoms. The van der Waals surface area contributed by atoms with E-state index in [1.165, 1.54) is 5.56 Å². The number of aromatic nitrogens is 2. The Morgan fingerprint density at radius 3 is 2.70 bits per heavy atom. The van der Waals surface area contributed by atoms with Crippen molar-refractivity contribution in [2.24, 2.45) is 0 Å². The van der Waals surface area contributed by atoms with Gasteiger partial charge in [-0.05, 0) is 60.9 Å². The highest BCUT2D eigenvalue weighted by molar-refractivity contribution is 6.31. The van der Waals surface area contributed by atoms with E-state index in [1.807, 2.05) is 44.3 Å². The molecule has 2 aromatic heterocycles. The van der Waals surface area contributed by atoms with Crippen LogP contribution in [0.3, 0.4) is 0 Å².